The summed E-state index contributed by atoms with van der Waals surface area (Å²) in [6, 6.07) is 8.65. The van der Waals surface area contributed by atoms with Crippen molar-refractivity contribution in [3.63, 3.8) is 0 Å². The van der Waals surface area contributed by atoms with Crippen molar-refractivity contribution in [1.82, 2.24) is 0 Å². The molecule has 0 aliphatic rings. The average molecular weight is 394 g/mol. The molecule has 0 saturated heterocycles. The molecule has 0 spiro atoms. The summed E-state index contributed by atoms with van der Waals surface area (Å²) in [7, 11) is 0. The fourth-order valence-corrected chi connectivity index (χ4v) is 2.21. The molecule has 2 rings (SSSR count). The first kappa shape index (κ1) is 14.2. The molecule has 6 heteroatoms. The summed E-state index contributed by atoms with van der Waals surface area (Å²) in [5, 5.41) is 2.46. The summed E-state index contributed by atoms with van der Waals surface area (Å²) >= 11 is 7.79. The van der Waals surface area contributed by atoms with E-state index in [1.165, 1.54) is 0 Å². The highest BCUT2D eigenvalue weighted by atomic mass is 127. The lowest BCUT2D eigenvalue weighted by atomic mass is 10.2. The monoisotopic (exact) mass is 393 g/mol. The van der Waals surface area contributed by atoms with Gasteiger partial charge in [-0.3, -0.25) is 4.79 Å². The Morgan fingerprint density at radius 3 is 2.47 bits per heavy atom. The third-order valence-electron chi connectivity index (χ3n) is 2.38. The van der Waals surface area contributed by atoms with Crippen molar-refractivity contribution in [2.45, 2.75) is 0 Å². The molecule has 0 atom stereocenters. The zero-order chi connectivity index (χ0) is 14.0. The van der Waals surface area contributed by atoms with Gasteiger partial charge in [0, 0.05) is 3.57 Å². The van der Waals surface area contributed by atoms with Gasteiger partial charge in [0.25, 0.3) is 5.91 Å². The lowest BCUT2D eigenvalue weighted by Gasteiger charge is -2.08. The summed E-state index contributed by atoms with van der Waals surface area (Å²) in [6.45, 7) is 0. The Balaban J connectivity index is 2.31. The molecule has 1 N–H and O–H groups in total. The minimum Gasteiger partial charge on any atom is -0.321 e. The molecule has 0 fully saturated rings. The Morgan fingerprint density at radius 1 is 1.16 bits per heavy atom. The average Bonchev–Trinajstić information content (AvgIpc) is 2.36. The van der Waals surface area contributed by atoms with Crippen LogP contribution in [-0.2, 0) is 0 Å². The minimum atomic E-state index is -1.11. The third kappa shape index (κ3) is 3.22. The van der Waals surface area contributed by atoms with E-state index < -0.39 is 17.5 Å². The van der Waals surface area contributed by atoms with Crippen LogP contribution in [-0.4, -0.2) is 5.91 Å². The van der Waals surface area contributed by atoms with Crippen LogP contribution in [0.15, 0.2) is 36.4 Å². The van der Waals surface area contributed by atoms with Gasteiger partial charge in [-0.15, -0.1) is 0 Å². The molecule has 98 valence electrons. The van der Waals surface area contributed by atoms with Gasteiger partial charge in [-0.2, -0.15) is 0 Å². The van der Waals surface area contributed by atoms with Gasteiger partial charge in [0.05, 0.1) is 16.3 Å². The van der Waals surface area contributed by atoms with Crippen molar-refractivity contribution in [2.24, 2.45) is 0 Å². The number of carbonyl (C=O) groups is 1. The number of halogens is 4. The molecule has 0 saturated carbocycles. The van der Waals surface area contributed by atoms with Gasteiger partial charge in [-0.05, 0) is 46.9 Å². The number of hydrogen-bond acceptors (Lipinski definition) is 1. The van der Waals surface area contributed by atoms with E-state index in [-0.39, 0.29) is 10.6 Å². The predicted octanol–water partition coefficient (Wildman–Crippen LogP) is 4.48. The first-order valence-corrected chi connectivity index (χ1v) is 6.65. The van der Waals surface area contributed by atoms with Crippen LogP contribution in [0.5, 0.6) is 0 Å². The minimum absolute atomic E-state index is 0.111. The Kier molecular flexibility index (Phi) is 4.36. The fraction of sp³-hybridized carbons (Fsp3) is 0. The summed E-state index contributed by atoms with van der Waals surface area (Å²) in [5.41, 5.74) is 0.467. The number of para-hydroxylation sites is 1. The highest BCUT2D eigenvalue weighted by Crippen LogP contribution is 2.23. The van der Waals surface area contributed by atoms with Crippen LogP contribution < -0.4 is 5.32 Å². The maximum Gasteiger partial charge on any atom is 0.257 e. The molecule has 0 bridgehead atoms. The molecule has 0 unspecified atom stereocenters. The van der Waals surface area contributed by atoms with Crippen LogP contribution in [0.1, 0.15) is 10.4 Å². The SMILES string of the molecule is O=C(Nc1ccccc1I)c1cc(F)c(F)cc1Cl. The van der Waals surface area contributed by atoms with Crippen molar-refractivity contribution in [3.05, 3.63) is 62.2 Å². The van der Waals surface area contributed by atoms with E-state index in [1.807, 2.05) is 12.1 Å². The van der Waals surface area contributed by atoms with Crippen molar-refractivity contribution in [2.75, 3.05) is 5.32 Å². The third-order valence-corrected chi connectivity index (χ3v) is 3.63. The Hall–Kier alpha value is -1.21. The highest BCUT2D eigenvalue weighted by molar-refractivity contribution is 14.1. The van der Waals surface area contributed by atoms with E-state index in [0.717, 1.165) is 15.7 Å². The van der Waals surface area contributed by atoms with Gasteiger partial charge >= 0.3 is 0 Å². The maximum atomic E-state index is 13.1. The van der Waals surface area contributed by atoms with E-state index in [1.54, 1.807) is 12.1 Å². The van der Waals surface area contributed by atoms with Gasteiger partial charge in [-0.25, -0.2) is 8.78 Å². The van der Waals surface area contributed by atoms with E-state index in [2.05, 4.69) is 27.9 Å². The highest BCUT2D eigenvalue weighted by Gasteiger charge is 2.15. The molecule has 2 aromatic rings. The van der Waals surface area contributed by atoms with Crippen molar-refractivity contribution in [3.8, 4) is 0 Å². The second-order valence-corrected chi connectivity index (χ2v) is 5.25. The number of carbonyl (C=O) groups excluding carboxylic acids is 1. The zero-order valence-corrected chi connectivity index (χ0v) is 12.3. The van der Waals surface area contributed by atoms with Crippen LogP contribution in [0.3, 0.4) is 0 Å². The van der Waals surface area contributed by atoms with Crippen LogP contribution in [0.4, 0.5) is 14.5 Å². The fourth-order valence-electron chi connectivity index (χ4n) is 1.45. The molecule has 1 amide bonds. The lowest BCUT2D eigenvalue weighted by Crippen LogP contribution is -2.14. The molecule has 2 nitrogen and oxygen atoms in total. The topological polar surface area (TPSA) is 29.1 Å². The van der Waals surface area contributed by atoms with E-state index in [9.17, 15) is 13.6 Å². The van der Waals surface area contributed by atoms with E-state index in [4.69, 9.17) is 11.6 Å². The number of anilines is 1. The van der Waals surface area contributed by atoms with Crippen LogP contribution in [0, 0.1) is 15.2 Å². The van der Waals surface area contributed by atoms with E-state index in [0.29, 0.717) is 5.69 Å². The molecule has 2 aromatic carbocycles. The summed E-state index contributed by atoms with van der Waals surface area (Å²) < 4.78 is 26.9. The second kappa shape index (κ2) is 5.83. The number of amides is 1. The van der Waals surface area contributed by atoms with Crippen LogP contribution in [0.2, 0.25) is 5.02 Å². The van der Waals surface area contributed by atoms with Crippen LogP contribution in [0.25, 0.3) is 0 Å². The van der Waals surface area contributed by atoms with Gasteiger partial charge in [0.15, 0.2) is 11.6 Å². The Labute approximate surface area is 126 Å². The Bertz CT molecular complexity index is 649. The summed E-state index contributed by atoms with van der Waals surface area (Å²) in [4.78, 5) is 12.0. The van der Waals surface area contributed by atoms with Gasteiger partial charge in [-0.1, -0.05) is 23.7 Å². The largest absolute Gasteiger partial charge is 0.321 e. The molecular weight excluding hydrogens is 387 g/mol. The van der Waals surface area contributed by atoms with Crippen molar-refractivity contribution in [1.29, 1.82) is 0 Å². The number of nitrogens with one attached hydrogen (secondary N) is 1. The summed E-state index contributed by atoms with van der Waals surface area (Å²) in [6.07, 6.45) is 0. The molecule has 0 aromatic heterocycles. The first-order valence-electron chi connectivity index (χ1n) is 5.19. The van der Waals surface area contributed by atoms with E-state index >= 15 is 0 Å². The molecule has 19 heavy (non-hydrogen) atoms. The van der Waals surface area contributed by atoms with Gasteiger partial charge in [0.1, 0.15) is 0 Å². The van der Waals surface area contributed by atoms with Crippen molar-refractivity contribution >= 4 is 45.8 Å². The predicted molar refractivity (Wildman–Crippen MR) is 78.5 cm³/mol. The molecule has 0 aliphatic heterocycles. The number of rotatable bonds is 2. The molecule has 0 heterocycles. The smallest absolute Gasteiger partial charge is 0.257 e. The molecule has 0 aliphatic carbocycles. The lowest BCUT2D eigenvalue weighted by molar-refractivity contribution is 0.102. The normalized spacial score (nSPS) is 10.3. The summed E-state index contributed by atoms with van der Waals surface area (Å²) in [5.74, 6) is -2.79. The molecule has 0 radical (unpaired) electrons. The standard InChI is InChI=1S/C13H7ClF2INO/c14-8-6-10(16)9(15)5-7(8)13(19)18-12-4-2-1-3-11(12)17/h1-6H,(H,18,19). The molecular formula is C13H7ClF2INO. The second-order valence-electron chi connectivity index (χ2n) is 3.68. The number of hydrogen-bond donors (Lipinski definition) is 1. The Morgan fingerprint density at radius 2 is 1.79 bits per heavy atom. The van der Waals surface area contributed by atoms with Crippen molar-refractivity contribution < 1.29 is 13.6 Å². The number of benzene rings is 2. The van der Waals surface area contributed by atoms with Gasteiger partial charge in [0.2, 0.25) is 0 Å². The van der Waals surface area contributed by atoms with Crippen LogP contribution >= 0.6 is 34.2 Å². The zero-order valence-electron chi connectivity index (χ0n) is 9.38. The maximum absolute atomic E-state index is 13.1. The first-order chi connectivity index (χ1) is 8.99. The quantitative estimate of drug-likeness (QED) is 0.592. The van der Waals surface area contributed by atoms with Gasteiger partial charge < -0.3 is 5.32 Å².